The Morgan fingerprint density at radius 3 is 2.50 bits per heavy atom. The molecule has 0 saturated carbocycles. The Balaban J connectivity index is 1.79. The lowest BCUT2D eigenvalue weighted by Gasteiger charge is -2.27. The minimum Gasteiger partial charge on any atom is -0.354 e. The van der Waals surface area contributed by atoms with Crippen LogP contribution in [0.3, 0.4) is 0 Å². The maximum atomic E-state index is 12.1. The van der Waals surface area contributed by atoms with Crippen molar-refractivity contribution in [1.29, 1.82) is 0 Å². The maximum absolute atomic E-state index is 12.1. The zero-order valence-corrected chi connectivity index (χ0v) is 13.8. The first-order valence-electron chi connectivity index (χ1n) is 7.15. The molecule has 1 heterocycles. The van der Waals surface area contributed by atoms with Crippen LogP contribution < -0.4 is 10.6 Å². The highest BCUT2D eigenvalue weighted by molar-refractivity contribution is 7.92. The third-order valence-electron chi connectivity index (χ3n) is 3.45. The Morgan fingerprint density at radius 1 is 1.23 bits per heavy atom. The molecule has 0 aromatic heterocycles. The average Bonchev–Trinajstić information content (AvgIpc) is 2.48. The summed E-state index contributed by atoms with van der Waals surface area (Å²) in [6.45, 7) is 4.96. The Bertz CT molecular complexity index is 598. The third kappa shape index (κ3) is 5.24. The molecule has 2 rings (SSSR count). The van der Waals surface area contributed by atoms with E-state index in [1.807, 2.05) is 0 Å². The van der Waals surface area contributed by atoms with Crippen LogP contribution in [0.5, 0.6) is 0 Å². The highest BCUT2D eigenvalue weighted by Crippen LogP contribution is 2.15. The zero-order chi connectivity index (χ0) is 16.0. The molecule has 0 spiro atoms. The van der Waals surface area contributed by atoms with Gasteiger partial charge in [0, 0.05) is 44.3 Å². The predicted molar refractivity (Wildman–Crippen MR) is 85.8 cm³/mol. The average molecular weight is 346 g/mol. The zero-order valence-electron chi connectivity index (χ0n) is 12.2. The first kappa shape index (κ1) is 17.2. The molecule has 1 aromatic carbocycles. The Hall–Kier alpha value is -1.15. The standard InChI is InChI=1S/C14H20ClN3O3S/c15-12-1-3-13(4-2-12)22(20,21)11-14(19)17-7-10-18-8-5-16-6-9-18/h1-4,16H,5-11H2,(H,17,19). The van der Waals surface area contributed by atoms with Gasteiger partial charge >= 0.3 is 0 Å². The first-order valence-corrected chi connectivity index (χ1v) is 9.18. The maximum Gasteiger partial charge on any atom is 0.235 e. The number of nitrogens with one attached hydrogen (secondary N) is 2. The number of rotatable bonds is 6. The fraction of sp³-hybridized carbons (Fsp3) is 0.500. The van der Waals surface area contributed by atoms with Gasteiger partial charge in [0.2, 0.25) is 5.91 Å². The van der Waals surface area contributed by atoms with Gasteiger partial charge in [0.05, 0.1) is 4.90 Å². The van der Waals surface area contributed by atoms with E-state index in [-0.39, 0.29) is 4.90 Å². The van der Waals surface area contributed by atoms with Crippen molar-refractivity contribution in [1.82, 2.24) is 15.5 Å². The fourth-order valence-corrected chi connectivity index (χ4v) is 3.53. The van der Waals surface area contributed by atoms with Crippen LogP contribution in [0, 0.1) is 0 Å². The number of carbonyl (C=O) groups is 1. The van der Waals surface area contributed by atoms with Crippen molar-refractivity contribution in [2.75, 3.05) is 45.0 Å². The molecular formula is C14H20ClN3O3S. The van der Waals surface area contributed by atoms with E-state index in [0.29, 0.717) is 11.6 Å². The third-order valence-corrected chi connectivity index (χ3v) is 5.34. The molecular weight excluding hydrogens is 326 g/mol. The molecule has 0 unspecified atom stereocenters. The monoisotopic (exact) mass is 345 g/mol. The first-order chi connectivity index (χ1) is 10.5. The molecule has 1 fully saturated rings. The van der Waals surface area contributed by atoms with Crippen molar-refractivity contribution in [2.45, 2.75) is 4.90 Å². The summed E-state index contributed by atoms with van der Waals surface area (Å²) in [5.41, 5.74) is 0. The van der Waals surface area contributed by atoms with Crippen LogP contribution in [0.25, 0.3) is 0 Å². The summed E-state index contributed by atoms with van der Waals surface area (Å²) in [7, 11) is -3.63. The van der Waals surface area contributed by atoms with E-state index in [1.54, 1.807) is 0 Å². The van der Waals surface area contributed by atoms with E-state index in [2.05, 4.69) is 15.5 Å². The van der Waals surface area contributed by atoms with E-state index < -0.39 is 21.5 Å². The Kier molecular flexibility index (Phi) is 6.19. The number of sulfone groups is 1. The van der Waals surface area contributed by atoms with Crippen molar-refractivity contribution in [3.05, 3.63) is 29.3 Å². The largest absolute Gasteiger partial charge is 0.354 e. The molecule has 1 aromatic rings. The molecule has 1 aliphatic heterocycles. The van der Waals surface area contributed by atoms with Crippen molar-refractivity contribution in [3.63, 3.8) is 0 Å². The fourth-order valence-electron chi connectivity index (χ4n) is 2.24. The Morgan fingerprint density at radius 2 is 1.86 bits per heavy atom. The number of hydrogen-bond donors (Lipinski definition) is 2. The number of amides is 1. The van der Waals surface area contributed by atoms with Gasteiger partial charge in [-0.2, -0.15) is 0 Å². The number of nitrogens with zero attached hydrogens (tertiary/aromatic N) is 1. The lowest BCUT2D eigenvalue weighted by Crippen LogP contribution is -2.46. The van der Waals surface area contributed by atoms with Gasteiger partial charge in [-0.05, 0) is 24.3 Å². The molecule has 1 amide bonds. The molecule has 2 N–H and O–H groups in total. The molecule has 0 aliphatic carbocycles. The number of benzene rings is 1. The highest BCUT2D eigenvalue weighted by Gasteiger charge is 2.19. The second-order valence-electron chi connectivity index (χ2n) is 5.15. The van der Waals surface area contributed by atoms with Crippen LogP contribution in [0.4, 0.5) is 0 Å². The van der Waals surface area contributed by atoms with Gasteiger partial charge in [0.15, 0.2) is 9.84 Å². The molecule has 0 atom stereocenters. The van der Waals surface area contributed by atoms with Crippen LogP contribution in [-0.2, 0) is 14.6 Å². The van der Waals surface area contributed by atoms with Crippen LogP contribution >= 0.6 is 11.6 Å². The van der Waals surface area contributed by atoms with Crippen LogP contribution in [0.15, 0.2) is 29.2 Å². The van der Waals surface area contributed by atoms with Crippen LogP contribution in [-0.4, -0.2) is 64.2 Å². The lowest BCUT2D eigenvalue weighted by molar-refractivity contribution is -0.118. The minimum atomic E-state index is -3.63. The van der Waals surface area contributed by atoms with E-state index in [0.717, 1.165) is 32.7 Å². The number of hydrogen-bond acceptors (Lipinski definition) is 5. The van der Waals surface area contributed by atoms with Gasteiger partial charge in [-0.1, -0.05) is 11.6 Å². The van der Waals surface area contributed by atoms with Crippen LogP contribution in [0.1, 0.15) is 0 Å². The van der Waals surface area contributed by atoms with E-state index in [1.165, 1.54) is 24.3 Å². The number of halogens is 1. The van der Waals surface area contributed by atoms with Gasteiger partial charge in [-0.25, -0.2) is 8.42 Å². The second-order valence-corrected chi connectivity index (χ2v) is 7.58. The van der Waals surface area contributed by atoms with Crippen molar-refractivity contribution >= 4 is 27.3 Å². The second kappa shape index (κ2) is 7.92. The summed E-state index contributed by atoms with van der Waals surface area (Å²) in [5.74, 6) is -1.03. The lowest BCUT2D eigenvalue weighted by atomic mass is 10.3. The molecule has 0 radical (unpaired) electrons. The van der Waals surface area contributed by atoms with Gasteiger partial charge in [-0.15, -0.1) is 0 Å². The molecule has 8 heteroatoms. The molecule has 22 heavy (non-hydrogen) atoms. The molecule has 6 nitrogen and oxygen atoms in total. The van der Waals surface area contributed by atoms with E-state index in [4.69, 9.17) is 11.6 Å². The number of carbonyl (C=O) groups excluding carboxylic acids is 1. The molecule has 1 aliphatic rings. The van der Waals surface area contributed by atoms with Gasteiger partial charge < -0.3 is 10.6 Å². The smallest absolute Gasteiger partial charge is 0.235 e. The highest BCUT2D eigenvalue weighted by atomic mass is 35.5. The van der Waals surface area contributed by atoms with E-state index >= 15 is 0 Å². The summed E-state index contributed by atoms with van der Waals surface area (Å²) in [6.07, 6.45) is 0. The minimum absolute atomic E-state index is 0.106. The summed E-state index contributed by atoms with van der Waals surface area (Å²) < 4.78 is 24.2. The van der Waals surface area contributed by atoms with Crippen molar-refractivity contribution in [2.24, 2.45) is 0 Å². The quantitative estimate of drug-likeness (QED) is 0.766. The summed E-state index contributed by atoms with van der Waals surface area (Å²) in [4.78, 5) is 14.1. The predicted octanol–water partition coefficient (Wildman–Crippen LogP) is 0.135. The van der Waals surface area contributed by atoms with Crippen molar-refractivity contribution < 1.29 is 13.2 Å². The Labute approximate surface area is 135 Å². The molecule has 0 bridgehead atoms. The van der Waals surface area contributed by atoms with Gasteiger partial charge in [-0.3, -0.25) is 9.69 Å². The summed E-state index contributed by atoms with van der Waals surface area (Å²) in [5, 5.41) is 6.37. The topological polar surface area (TPSA) is 78.5 Å². The SMILES string of the molecule is O=C(CS(=O)(=O)c1ccc(Cl)cc1)NCCN1CCNCC1. The van der Waals surface area contributed by atoms with Crippen LogP contribution in [0.2, 0.25) is 5.02 Å². The number of piperazine rings is 1. The van der Waals surface area contributed by atoms with Crippen molar-refractivity contribution in [3.8, 4) is 0 Å². The molecule has 122 valence electrons. The van der Waals surface area contributed by atoms with Gasteiger partial charge in [0.25, 0.3) is 0 Å². The van der Waals surface area contributed by atoms with E-state index in [9.17, 15) is 13.2 Å². The summed E-state index contributed by atoms with van der Waals surface area (Å²) in [6, 6.07) is 5.81. The summed E-state index contributed by atoms with van der Waals surface area (Å²) >= 11 is 5.73. The normalized spacial score (nSPS) is 16.4. The van der Waals surface area contributed by atoms with Gasteiger partial charge in [0.1, 0.15) is 5.75 Å². The molecule has 1 saturated heterocycles.